The Bertz CT molecular complexity index is 1690. The molecule has 1 fully saturated rings. The number of thiophene rings is 1. The SMILES string of the molecule is Cc1nnc(SCC2=C(C(=O)OC(c3ccccc3)c3ccccc3)N3C(=O)[C@@](NC=O)(NC(=O)Cc4cccs4)[C@H]3SC2)s1. The second-order valence-electron chi connectivity index (χ2n) is 10.1. The predicted octanol–water partition coefficient (Wildman–Crippen LogP) is 4.30. The molecule has 2 aromatic carbocycles. The number of hydrogen-bond acceptors (Lipinski definition) is 11. The summed E-state index contributed by atoms with van der Waals surface area (Å²) in [6.07, 6.45) is -0.291. The van der Waals surface area contributed by atoms with Gasteiger partial charge in [-0.25, -0.2) is 4.79 Å². The fraction of sp³-hybridized carbons (Fsp3) is 0.226. The second kappa shape index (κ2) is 13.6. The van der Waals surface area contributed by atoms with Crippen LogP contribution >= 0.6 is 46.2 Å². The fourth-order valence-electron chi connectivity index (χ4n) is 5.16. The van der Waals surface area contributed by atoms with E-state index in [1.807, 2.05) is 85.1 Å². The van der Waals surface area contributed by atoms with Gasteiger partial charge in [-0.1, -0.05) is 89.8 Å². The van der Waals surface area contributed by atoms with Crippen molar-refractivity contribution in [2.24, 2.45) is 0 Å². The van der Waals surface area contributed by atoms with Crippen molar-refractivity contribution >= 4 is 70.4 Å². The zero-order valence-electron chi connectivity index (χ0n) is 23.9. The van der Waals surface area contributed by atoms with E-state index in [0.29, 0.717) is 23.5 Å². The molecule has 3 amide bonds. The highest BCUT2D eigenvalue weighted by atomic mass is 32.2. The van der Waals surface area contributed by atoms with Crippen LogP contribution in [0.2, 0.25) is 0 Å². The third-order valence-electron chi connectivity index (χ3n) is 7.19. The molecular formula is C31H27N5O5S4. The number of nitrogens with zero attached hydrogens (tertiary/aromatic N) is 3. The van der Waals surface area contributed by atoms with Crippen molar-refractivity contribution in [3.05, 3.63) is 110 Å². The second-order valence-corrected chi connectivity index (χ2v) is 14.7. The molecule has 1 saturated heterocycles. The van der Waals surface area contributed by atoms with Gasteiger partial charge < -0.3 is 15.4 Å². The van der Waals surface area contributed by atoms with E-state index in [9.17, 15) is 19.2 Å². The third-order valence-corrected chi connectivity index (χ3v) is 11.5. The van der Waals surface area contributed by atoms with Gasteiger partial charge in [0.25, 0.3) is 5.91 Å². The molecule has 2 aliphatic heterocycles. The molecule has 4 heterocycles. The molecule has 2 aliphatic rings. The highest BCUT2D eigenvalue weighted by Crippen LogP contribution is 2.46. The Hall–Kier alpha value is -3.98. The van der Waals surface area contributed by atoms with Crippen molar-refractivity contribution in [2.75, 3.05) is 11.5 Å². The van der Waals surface area contributed by atoms with Gasteiger partial charge in [-0.05, 0) is 35.1 Å². The maximum atomic E-state index is 14.2. The highest BCUT2D eigenvalue weighted by Gasteiger charge is 2.66. The number of esters is 1. The first kappa shape index (κ1) is 31.0. The molecule has 10 nitrogen and oxygen atoms in total. The van der Waals surface area contributed by atoms with E-state index in [0.717, 1.165) is 25.4 Å². The fourth-order valence-corrected chi connectivity index (χ4v) is 9.25. The van der Waals surface area contributed by atoms with Crippen LogP contribution in [0, 0.1) is 6.92 Å². The first-order chi connectivity index (χ1) is 21.9. The number of amides is 3. The Labute approximate surface area is 275 Å². The first-order valence-electron chi connectivity index (χ1n) is 13.9. The van der Waals surface area contributed by atoms with Crippen LogP contribution in [0.5, 0.6) is 0 Å². The van der Waals surface area contributed by atoms with Crippen LogP contribution < -0.4 is 10.6 Å². The number of aromatic nitrogens is 2. The quantitative estimate of drug-likeness (QED) is 0.0741. The van der Waals surface area contributed by atoms with E-state index in [-0.39, 0.29) is 12.1 Å². The summed E-state index contributed by atoms with van der Waals surface area (Å²) < 4.78 is 6.95. The lowest BCUT2D eigenvalue weighted by Crippen LogP contribution is -2.85. The van der Waals surface area contributed by atoms with E-state index in [4.69, 9.17) is 4.74 Å². The van der Waals surface area contributed by atoms with Crippen molar-refractivity contribution in [2.45, 2.75) is 34.8 Å². The number of thioether (sulfide) groups is 2. The number of aryl methyl sites for hydroxylation is 1. The van der Waals surface area contributed by atoms with Gasteiger partial charge in [-0.2, -0.15) is 0 Å². The van der Waals surface area contributed by atoms with Gasteiger partial charge in [-0.3, -0.25) is 19.3 Å². The Kier molecular flexibility index (Phi) is 9.35. The number of ether oxygens (including phenoxy) is 1. The zero-order valence-corrected chi connectivity index (χ0v) is 27.1. The van der Waals surface area contributed by atoms with Crippen molar-refractivity contribution in [1.29, 1.82) is 0 Å². The summed E-state index contributed by atoms with van der Waals surface area (Å²) in [5.74, 6) is -1.00. The van der Waals surface area contributed by atoms with Crippen LogP contribution in [0.1, 0.15) is 27.1 Å². The molecule has 0 aliphatic carbocycles. The molecule has 14 heteroatoms. The number of fused-ring (bicyclic) bond motifs is 1. The lowest BCUT2D eigenvalue weighted by atomic mass is 9.94. The molecule has 0 bridgehead atoms. The van der Waals surface area contributed by atoms with E-state index in [1.54, 1.807) is 0 Å². The van der Waals surface area contributed by atoms with Crippen LogP contribution in [0.25, 0.3) is 0 Å². The predicted molar refractivity (Wildman–Crippen MR) is 174 cm³/mol. The molecule has 0 saturated carbocycles. The Morgan fingerprint density at radius 2 is 1.80 bits per heavy atom. The minimum absolute atomic E-state index is 0.0499. The highest BCUT2D eigenvalue weighted by molar-refractivity contribution is 8.01. The van der Waals surface area contributed by atoms with Crippen LogP contribution in [0.4, 0.5) is 0 Å². The zero-order chi connectivity index (χ0) is 31.4. The van der Waals surface area contributed by atoms with Gasteiger partial charge in [0, 0.05) is 16.4 Å². The first-order valence-corrected chi connectivity index (χ1v) is 17.6. The number of hydrogen-bond donors (Lipinski definition) is 2. The summed E-state index contributed by atoms with van der Waals surface area (Å²) in [5.41, 5.74) is 0.612. The molecule has 230 valence electrons. The Balaban J connectivity index is 1.33. The normalized spacial score (nSPS) is 19.1. The average Bonchev–Trinajstić information content (AvgIpc) is 3.73. The lowest BCUT2D eigenvalue weighted by molar-refractivity contribution is -0.164. The largest absolute Gasteiger partial charge is 0.448 e. The molecule has 0 unspecified atom stereocenters. The number of carbonyl (C=O) groups is 4. The van der Waals surface area contributed by atoms with Crippen molar-refractivity contribution in [3.63, 3.8) is 0 Å². The smallest absolute Gasteiger partial charge is 0.356 e. The van der Waals surface area contributed by atoms with E-state index in [1.165, 1.54) is 51.1 Å². The number of nitrogens with one attached hydrogen (secondary N) is 2. The summed E-state index contributed by atoms with van der Waals surface area (Å²) in [6.45, 7) is 1.86. The van der Waals surface area contributed by atoms with Crippen LogP contribution in [0.3, 0.4) is 0 Å². The van der Waals surface area contributed by atoms with Gasteiger partial charge >= 0.3 is 5.97 Å². The van der Waals surface area contributed by atoms with E-state index < -0.39 is 34.9 Å². The van der Waals surface area contributed by atoms with Crippen LogP contribution in [-0.4, -0.2) is 61.8 Å². The topological polar surface area (TPSA) is 131 Å². The standard InChI is InChI=1S/C31H27N5O5S4/c1-19-34-35-30(45-19)44-17-22-16-43-29-31(32-18-37,33-24(38)15-23-13-8-14-42-23)28(40)36(29)25(22)27(39)41-26(20-9-4-2-5-10-20)21-11-6-3-7-12-21/h2-14,18,26,29H,15-17H2,1H3,(H,32,37)(H,33,38)/t29-,31-/m1/s1. The van der Waals surface area contributed by atoms with Crippen molar-refractivity contribution < 1.29 is 23.9 Å². The average molecular weight is 678 g/mol. The van der Waals surface area contributed by atoms with Crippen molar-refractivity contribution in [3.8, 4) is 0 Å². The Morgan fingerprint density at radius 3 is 2.40 bits per heavy atom. The van der Waals surface area contributed by atoms with Crippen molar-refractivity contribution in [1.82, 2.24) is 25.7 Å². The minimum Gasteiger partial charge on any atom is -0.448 e. The molecule has 0 spiro atoms. The molecule has 6 rings (SSSR count). The molecule has 2 aromatic heterocycles. The van der Waals surface area contributed by atoms with Crippen LogP contribution in [0.15, 0.2) is 93.8 Å². The summed E-state index contributed by atoms with van der Waals surface area (Å²) >= 11 is 5.64. The molecule has 45 heavy (non-hydrogen) atoms. The van der Waals surface area contributed by atoms with Gasteiger partial charge in [0.05, 0.1) is 6.42 Å². The molecule has 0 radical (unpaired) electrons. The van der Waals surface area contributed by atoms with E-state index in [2.05, 4.69) is 20.8 Å². The van der Waals surface area contributed by atoms with Crippen LogP contribution in [-0.2, 0) is 30.3 Å². The third kappa shape index (κ3) is 6.41. The summed E-state index contributed by atoms with van der Waals surface area (Å²) in [6, 6.07) is 22.4. The van der Waals surface area contributed by atoms with Gasteiger partial charge in [-0.15, -0.1) is 33.3 Å². The maximum Gasteiger partial charge on any atom is 0.356 e. The molecule has 4 aromatic rings. The molecule has 2 N–H and O–H groups in total. The summed E-state index contributed by atoms with van der Waals surface area (Å²) in [4.78, 5) is 55.2. The molecular weight excluding hydrogens is 651 g/mol. The monoisotopic (exact) mass is 677 g/mol. The number of carbonyl (C=O) groups excluding carboxylic acids is 4. The number of rotatable bonds is 12. The van der Waals surface area contributed by atoms with Gasteiger partial charge in [0.2, 0.25) is 18.0 Å². The van der Waals surface area contributed by atoms with Gasteiger partial charge in [0.1, 0.15) is 16.1 Å². The summed E-state index contributed by atoms with van der Waals surface area (Å²) in [7, 11) is 0. The van der Waals surface area contributed by atoms with E-state index >= 15 is 0 Å². The minimum atomic E-state index is -1.71. The summed E-state index contributed by atoms with van der Waals surface area (Å²) in [5, 5.41) is 15.5. The maximum absolute atomic E-state index is 14.2. The Morgan fingerprint density at radius 1 is 1.09 bits per heavy atom. The lowest BCUT2D eigenvalue weighted by Gasteiger charge is -2.56. The van der Waals surface area contributed by atoms with Gasteiger partial charge in [0.15, 0.2) is 10.4 Å². The number of benzene rings is 2. The number of β-lactam (4-membered cyclic amide) rings is 1. The molecule has 2 atom stereocenters.